The van der Waals surface area contributed by atoms with E-state index >= 15 is 0 Å². The first-order chi connectivity index (χ1) is 4.54. The second-order valence-corrected chi connectivity index (χ2v) is 1.77. The summed E-state index contributed by atoms with van der Waals surface area (Å²) in [5, 5.41) is 30.4. The van der Waals surface area contributed by atoms with Gasteiger partial charge in [0.1, 0.15) is 0 Å². The van der Waals surface area contributed by atoms with Crippen LogP contribution in [0.15, 0.2) is 11.5 Å². The average Bonchev–Trinajstić information content (AvgIpc) is 1.62. The van der Waals surface area contributed by atoms with Gasteiger partial charge in [-0.3, -0.25) is 0 Å². The normalized spacial score (nSPS) is 7.00. The monoisotopic (exact) mass is 145 g/mol. The first kappa shape index (κ1) is 12.4. The first-order valence-electron chi connectivity index (χ1n) is 2.65. The zero-order chi connectivity index (χ0) is 8.57. The Labute approximate surface area is 61.3 Å². The molecule has 0 aliphatic rings. The van der Waals surface area contributed by atoms with Gasteiger partial charge >= 0.3 is 14.8 Å². The number of hydrogen-bond donors (Lipinski definition) is 4. The molecule has 57 valence electrons. The average molecular weight is 145 g/mol. The van der Waals surface area contributed by atoms with Gasteiger partial charge < -0.3 is 20.1 Å². The molecule has 0 aromatic heterocycles. The molecule has 0 saturated heterocycles. The summed E-state index contributed by atoms with van der Waals surface area (Å²) in [5.41, 5.74) is 0.912. The van der Waals surface area contributed by atoms with Gasteiger partial charge in [0.05, 0.1) is 0 Å². The van der Waals surface area contributed by atoms with Gasteiger partial charge in [-0.2, -0.15) is 0 Å². The summed E-state index contributed by atoms with van der Waals surface area (Å²) in [6, 6.07) is 0. The third-order valence-electron chi connectivity index (χ3n) is 0.482. The molecule has 4 N–H and O–H groups in total. The smallest absolute Gasteiger partial charge is 0.429 e. The lowest BCUT2D eigenvalue weighted by molar-refractivity contribution is 0.423. The van der Waals surface area contributed by atoms with Gasteiger partial charge in [0, 0.05) is 0 Å². The first-order valence-corrected chi connectivity index (χ1v) is 2.65. The summed E-state index contributed by atoms with van der Waals surface area (Å²) >= 11 is 0. The van der Waals surface area contributed by atoms with Crippen LogP contribution in [-0.2, 0) is 0 Å². The van der Waals surface area contributed by atoms with Crippen molar-refractivity contribution in [1.82, 2.24) is 0 Å². The fourth-order valence-corrected chi connectivity index (χ4v) is 0.298. The highest BCUT2D eigenvalue weighted by Gasteiger charge is 1.97. The Bertz CT molecular complexity index is 89.3. The van der Waals surface area contributed by atoms with Crippen LogP contribution in [0.1, 0.15) is 13.8 Å². The van der Waals surface area contributed by atoms with Crippen LogP contribution in [0.2, 0.25) is 0 Å². The number of rotatable bonds is 1. The SMILES string of the molecule is CC(C)=CB(O)O.O[B]O. The molecular weight excluding hydrogens is 134 g/mol. The molecule has 0 fully saturated rings. The van der Waals surface area contributed by atoms with Crippen molar-refractivity contribution < 1.29 is 20.1 Å². The summed E-state index contributed by atoms with van der Waals surface area (Å²) in [6.45, 7) is 3.61. The van der Waals surface area contributed by atoms with Crippen LogP contribution < -0.4 is 0 Å². The minimum atomic E-state index is -1.29. The lowest BCUT2D eigenvalue weighted by Gasteiger charge is -1.86. The van der Waals surface area contributed by atoms with Crippen molar-refractivity contribution in [2.45, 2.75) is 13.8 Å². The van der Waals surface area contributed by atoms with Gasteiger partial charge in [-0.25, -0.2) is 0 Å². The Morgan fingerprint density at radius 3 is 1.60 bits per heavy atom. The molecule has 0 rings (SSSR count). The van der Waals surface area contributed by atoms with Crippen LogP contribution >= 0.6 is 0 Å². The van der Waals surface area contributed by atoms with Crippen LogP contribution in [0.5, 0.6) is 0 Å². The predicted molar refractivity (Wildman–Crippen MR) is 39.8 cm³/mol. The Kier molecular flexibility index (Phi) is 10.8. The molecule has 0 aliphatic carbocycles. The maximum absolute atomic E-state index is 8.20. The van der Waals surface area contributed by atoms with Crippen LogP contribution in [0.3, 0.4) is 0 Å². The fourth-order valence-electron chi connectivity index (χ4n) is 0.298. The number of allylic oxidation sites excluding steroid dienone is 1. The molecule has 0 heterocycles. The van der Waals surface area contributed by atoms with Crippen molar-refractivity contribution in [2.75, 3.05) is 0 Å². The van der Waals surface area contributed by atoms with Gasteiger partial charge in [-0.15, -0.1) is 0 Å². The standard InChI is InChI=1S/C4H9BO2.BH2O2/c1-4(2)3-5(6)7;2-1-3/h3,6-7H,1-2H3;2-3H. The highest BCUT2D eigenvalue weighted by Crippen LogP contribution is 1.86. The minimum Gasteiger partial charge on any atom is -0.429 e. The summed E-state index contributed by atoms with van der Waals surface area (Å²) < 4.78 is 0. The van der Waals surface area contributed by atoms with E-state index in [-0.39, 0.29) is 7.69 Å². The van der Waals surface area contributed by atoms with E-state index in [0.29, 0.717) is 0 Å². The summed E-state index contributed by atoms with van der Waals surface area (Å²) in [4.78, 5) is 0. The molecular formula is C4H11B2O4. The highest BCUT2D eigenvalue weighted by atomic mass is 16.4. The van der Waals surface area contributed by atoms with Crippen molar-refractivity contribution in [1.29, 1.82) is 0 Å². The van der Waals surface area contributed by atoms with Crippen molar-refractivity contribution >= 4 is 14.8 Å². The molecule has 0 aromatic rings. The molecule has 0 unspecified atom stereocenters. The van der Waals surface area contributed by atoms with E-state index in [4.69, 9.17) is 20.1 Å². The zero-order valence-corrected chi connectivity index (χ0v) is 6.02. The van der Waals surface area contributed by atoms with E-state index in [1.165, 1.54) is 5.98 Å². The third-order valence-corrected chi connectivity index (χ3v) is 0.482. The fraction of sp³-hybridized carbons (Fsp3) is 0.500. The van der Waals surface area contributed by atoms with Crippen molar-refractivity contribution in [3.8, 4) is 0 Å². The summed E-state index contributed by atoms with van der Waals surface area (Å²) in [7, 11) is -1.29. The molecule has 0 spiro atoms. The van der Waals surface area contributed by atoms with Gasteiger partial charge in [0.25, 0.3) is 0 Å². The van der Waals surface area contributed by atoms with E-state index < -0.39 is 7.12 Å². The zero-order valence-electron chi connectivity index (χ0n) is 6.02. The Morgan fingerprint density at radius 1 is 1.30 bits per heavy atom. The van der Waals surface area contributed by atoms with Crippen LogP contribution in [-0.4, -0.2) is 34.9 Å². The van der Waals surface area contributed by atoms with E-state index in [1.807, 2.05) is 0 Å². The highest BCUT2D eigenvalue weighted by molar-refractivity contribution is 6.47. The molecule has 4 nitrogen and oxygen atoms in total. The Hall–Kier alpha value is -0.290. The van der Waals surface area contributed by atoms with E-state index in [0.717, 1.165) is 5.57 Å². The predicted octanol–water partition coefficient (Wildman–Crippen LogP) is -1.53. The summed E-state index contributed by atoms with van der Waals surface area (Å²) in [5.74, 6) is 1.36. The quantitative estimate of drug-likeness (QED) is 0.337. The van der Waals surface area contributed by atoms with E-state index in [2.05, 4.69) is 0 Å². The molecule has 10 heavy (non-hydrogen) atoms. The van der Waals surface area contributed by atoms with Gasteiger partial charge in [-0.05, 0) is 13.8 Å². The topological polar surface area (TPSA) is 80.9 Å². The van der Waals surface area contributed by atoms with Crippen LogP contribution in [0, 0.1) is 0 Å². The molecule has 1 radical (unpaired) electrons. The molecule has 0 atom stereocenters. The van der Waals surface area contributed by atoms with Crippen molar-refractivity contribution in [3.05, 3.63) is 11.5 Å². The second kappa shape index (κ2) is 8.71. The second-order valence-electron chi connectivity index (χ2n) is 1.77. The summed E-state index contributed by atoms with van der Waals surface area (Å²) in [6.07, 6.45) is 0. The minimum absolute atomic E-state index is 0. The Morgan fingerprint density at radius 2 is 1.60 bits per heavy atom. The molecule has 0 amide bonds. The van der Waals surface area contributed by atoms with Crippen LogP contribution in [0.4, 0.5) is 0 Å². The third kappa shape index (κ3) is 25.2. The van der Waals surface area contributed by atoms with Crippen molar-refractivity contribution in [2.24, 2.45) is 0 Å². The maximum Gasteiger partial charge on any atom is 0.482 e. The lowest BCUT2D eigenvalue weighted by Crippen LogP contribution is -2.06. The molecule has 6 heteroatoms. The molecule has 0 saturated carbocycles. The maximum atomic E-state index is 8.20. The molecule has 0 aromatic carbocycles. The number of hydrogen-bond acceptors (Lipinski definition) is 4. The molecule has 0 bridgehead atoms. The largest absolute Gasteiger partial charge is 0.482 e. The lowest BCUT2D eigenvalue weighted by atomic mass is 9.89. The van der Waals surface area contributed by atoms with E-state index in [9.17, 15) is 0 Å². The van der Waals surface area contributed by atoms with Gasteiger partial charge in [-0.1, -0.05) is 11.5 Å². The van der Waals surface area contributed by atoms with E-state index in [1.54, 1.807) is 13.8 Å². The van der Waals surface area contributed by atoms with Gasteiger partial charge in [0.2, 0.25) is 0 Å². The molecule has 0 aliphatic heterocycles. The Balaban J connectivity index is 0. The van der Waals surface area contributed by atoms with Crippen LogP contribution in [0.25, 0.3) is 0 Å². The van der Waals surface area contributed by atoms with Gasteiger partial charge in [0.15, 0.2) is 0 Å². The van der Waals surface area contributed by atoms with Crippen molar-refractivity contribution in [3.63, 3.8) is 0 Å².